The van der Waals surface area contributed by atoms with E-state index < -0.39 is 88.1 Å². The third kappa shape index (κ3) is 3.96. The molecule has 228 valence electrons. The Labute approximate surface area is 244 Å². The van der Waals surface area contributed by atoms with Crippen LogP contribution in [0.25, 0.3) is 0 Å². The van der Waals surface area contributed by atoms with E-state index in [2.05, 4.69) is 6.58 Å². The van der Waals surface area contributed by atoms with E-state index in [1.54, 1.807) is 19.9 Å². The Morgan fingerprint density at radius 3 is 2.29 bits per heavy atom. The Morgan fingerprint density at radius 1 is 1.10 bits per heavy atom. The maximum absolute atomic E-state index is 13.2. The second-order valence-corrected chi connectivity index (χ2v) is 13.1. The van der Waals surface area contributed by atoms with Crippen molar-refractivity contribution in [1.29, 1.82) is 0 Å². The first-order chi connectivity index (χ1) is 19.5. The molecule has 0 aromatic rings. The summed E-state index contributed by atoms with van der Waals surface area (Å²) in [5.74, 6) is -4.62. The number of aliphatic hydroxyl groups excluding tert-OH is 1. The highest BCUT2D eigenvalue weighted by Crippen LogP contribution is 2.76. The zero-order valence-electron chi connectivity index (χ0n) is 24.9. The lowest BCUT2D eigenvalue weighted by atomic mass is 9.46. The van der Waals surface area contributed by atoms with Gasteiger partial charge in [0, 0.05) is 48.2 Å². The van der Waals surface area contributed by atoms with Crippen molar-refractivity contribution in [2.24, 2.45) is 34.0 Å². The molecule has 0 radical (unpaired) electrons. The maximum atomic E-state index is 13.2. The van der Waals surface area contributed by atoms with Crippen molar-refractivity contribution >= 4 is 29.7 Å². The first-order valence-corrected chi connectivity index (χ1v) is 14.1. The molecule has 42 heavy (non-hydrogen) atoms. The minimum Gasteiger partial charge on any atom is -0.469 e. The van der Waals surface area contributed by atoms with Crippen LogP contribution in [0.5, 0.6) is 0 Å². The Kier molecular flexibility index (Phi) is 6.89. The van der Waals surface area contributed by atoms with Crippen LogP contribution in [0.2, 0.25) is 0 Å². The summed E-state index contributed by atoms with van der Waals surface area (Å²) in [5, 5.41) is 10.6. The lowest BCUT2D eigenvalue weighted by molar-refractivity contribution is -0.210. The van der Waals surface area contributed by atoms with Crippen LogP contribution in [0.15, 0.2) is 36.0 Å². The van der Waals surface area contributed by atoms with Gasteiger partial charge in [-0.2, -0.15) is 0 Å². The van der Waals surface area contributed by atoms with Crippen molar-refractivity contribution in [2.45, 2.75) is 84.6 Å². The van der Waals surface area contributed by atoms with Crippen LogP contribution in [0.4, 0.5) is 0 Å². The molecule has 0 bridgehead atoms. The van der Waals surface area contributed by atoms with Gasteiger partial charge in [-0.15, -0.1) is 0 Å². The fourth-order valence-electron chi connectivity index (χ4n) is 8.75. The molecule has 1 saturated heterocycles. The molecule has 0 aromatic carbocycles. The van der Waals surface area contributed by atoms with E-state index in [1.807, 2.05) is 13.8 Å². The number of methoxy groups -OCH3 is 1. The van der Waals surface area contributed by atoms with Crippen molar-refractivity contribution in [3.05, 3.63) is 36.0 Å². The molecule has 11 nitrogen and oxygen atoms in total. The summed E-state index contributed by atoms with van der Waals surface area (Å²) in [6.45, 7) is 14.2. The Balaban J connectivity index is 1.73. The van der Waals surface area contributed by atoms with E-state index in [0.29, 0.717) is 17.6 Å². The van der Waals surface area contributed by atoms with E-state index in [0.717, 1.165) is 0 Å². The predicted molar refractivity (Wildman–Crippen MR) is 144 cm³/mol. The van der Waals surface area contributed by atoms with Crippen LogP contribution < -0.4 is 0 Å². The number of allylic oxidation sites excluding steroid dienone is 2. The molecule has 3 aliphatic carbocycles. The fourth-order valence-corrected chi connectivity index (χ4v) is 8.75. The van der Waals surface area contributed by atoms with Gasteiger partial charge in [-0.25, -0.2) is 4.79 Å². The van der Waals surface area contributed by atoms with Crippen molar-refractivity contribution in [1.82, 2.24) is 0 Å². The molecule has 10 atom stereocenters. The number of aliphatic hydroxyl groups is 1. The highest BCUT2D eigenvalue weighted by molar-refractivity contribution is 5.96. The third-order valence-electron chi connectivity index (χ3n) is 10.7. The van der Waals surface area contributed by atoms with Crippen molar-refractivity contribution in [3.63, 3.8) is 0 Å². The molecule has 1 spiro atoms. The summed E-state index contributed by atoms with van der Waals surface area (Å²) in [7, 11) is 1.28. The minimum atomic E-state index is -1.49. The van der Waals surface area contributed by atoms with Gasteiger partial charge >= 0.3 is 23.9 Å². The van der Waals surface area contributed by atoms with Crippen LogP contribution in [0, 0.1) is 34.0 Å². The number of hydrogen-bond acceptors (Lipinski definition) is 11. The van der Waals surface area contributed by atoms with E-state index in [1.165, 1.54) is 33.1 Å². The average molecular weight is 587 g/mol. The molecular weight excluding hydrogens is 548 g/mol. The largest absolute Gasteiger partial charge is 0.469 e. The second kappa shape index (κ2) is 9.60. The smallest absolute Gasteiger partial charge is 0.333 e. The van der Waals surface area contributed by atoms with E-state index in [-0.39, 0.29) is 12.2 Å². The first-order valence-electron chi connectivity index (χ1n) is 14.1. The maximum Gasteiger partial charge on any atom is 0.333 e. The highest BCUT2D eigenvalue weighted by atomic mass is 16.6. The monoisotopic (exact) mass is 586 g/mol. The number of ether oxygens (including phenoxy) is 5. The van der Waals surface area contributed by atoms with E-state index in [9.17, 15) is 29.1 Å². The second-order valence-electron chi connectivity index (χ2n) is 13.1. The van der Waals surface area contributed by atoms with Crippen LogP contribution in [-0.2, 0) is 47.7 Å². The molecule has 5 rings (SSSR count). The minimum absolute atomic E-state index is 0.111. The molecule has 2 heterocycles. The number of ketones is 1. The van der Waals surface area contributed by atoms with Gasteiger partial charge < -0.3 is 28.8 Å². The highest BCUT2D eigenvalue weighted by Gasteiger charge is 2.84. The molecule has 11 heteroatoms. The molecule has 5 aliphatic rings. The number of cyclic esters (lactones) is 1. The lowest BCUT2D eigenvalue weighted by Crippen LogP contribution is -2.67. The van der Waals surface area contributed by atoms with Gasteiger partial charge in [0.05, 0.1) is 25.0 Å². The van der Waals surface area contributed by atoms with E-state index in [4.69, 9.17) is 23.7 Å². The van der Waals surface area contributed by atoms with Gasteiger partial charge in [0.2, 0.25) is 6.29 Å². The van der Waals surface area contributed by atoms with Crippen LogP contribution >= 0.6 is 0 Å². The quantitative estimate of drug-likeness (QED) is 0.211. The SMILES string of the molecule is C=C1[C@@H]([C@@]2(C)C=CC(=O)C(C)(C)[C@@H]2CC(=O)OC)[C@@H](OC(C)=O)[C@H](OC(C)=O)[C@@]2(C)[C@H](C3=CC(=O)O[C@H]3O)C[C@H]3O[C@]132. The summed E-state index contributed by atoms with van der Waals surface area (Å²) in [6, 6.07) is 0. The van der Waals surface area contributed by atoms with Gasteiger partial charge in [-0.1, -0.05) is 40.3 Å². The van der Waals surface area contributed by atoms with Gasteiger partial charge in [0.15, 0.2) is 5.78 Å². The number of epoxide rings is 1. The van der Waals surface area contributed by atoms with E-state index >= 15 is 0 Å². The number of hydrogen-bond donors (Lipinski definition) is 1. The van der Waals surface area contributed by atoms with Gasteiger partial charge in [0.1, 0.15) is 17.8 Å². The topological polar surface area (TPSA) is 155 Å². The summed E-state index contributed by atoms with van der Waals surface area (Å²) < 4.78 is 28.5. The summed E-state index contributed by atoms with van der Waals surface area (Å²) in [5.41, 5.74) is -3.41. The Morgan fingerprint density at radius 2 is 1.74 bits per heavy atom. The van der Waals surface area contributed by atoms with Crippen LogP contribution in [-0.4, -0.2) is 72.1 Å². The zero-order chi connectivity index (χ0) is 31.2. The predicted octanol–water partition coefficient (Wildman–Crippen LogP) is 2.35. The summed E-state index contributed by atoms with van der Waals surface area (Å²) >= 11 is 0. The molecule has 0 unspecified atom stereocenters. The number of carbonyl (C=O) groups is 5. The standard InChI is InChI=1S/C31H38O11/c1-14-24(29(6)10-9-20(34)28(4,5)19(29)13-22(35)38-8)25(39-15(2)32)26(40-16(3)33)30(7)18(12-21-31(14,30)42-21)17-11-23(36)41-27(17)37/h9-11,18-19,21,24-27,37H,1,12-13H2,2-8H3/t18-,19-,21+,24+,25+,26-,27+,29-,30+,31+/m0/s1. The normalized spacial score (nSPS) is 43.1. The Hall–Kier alpha value is -3.31. The van der Waals surface area contributed by atoms with Crippen LogP contribution in [0.3, 0.4) is 0 Å². The van der Waals surface area contributed by atoms with Gasteiger partial charge in [-0.3, -0.25) is 19.2 Å². The molecule has 3 fully saturated rings. The molecule has 0 aromatic heterocycles. The molecule has 0 amide bonds. The molecule has 2 saturated carbocycles. The number of carbonyl (C=O) groups excluding carboxylic acids is 5. The Bertz CT molecular complexity index is 1340. The van der Waals surface area contributed by atoms with Gasteiger partial charge in [-0.05, 0) is 24.0 Å². The van der Waals surface area contributed by atoms with Crippen molar-refractivity contribution < 1.29 is 52.8 Å². The van der Waals surface area contributed by atoms with Crippen molar-refractivity contribution in [3.8, 4) is 0 Å². The molecule has 2 aliphatic heterocycles. The summed E-state index contributed by atoms with van der Waals surface area (Å²) in [4.78, 5) is 63.4. The number of rotatable bonds is 6. The summed E-state index contributed by atoms with van der Waals surface area (Å²) in [6.07, 6.45) is 0.538. The van der Waals surface area contributed by atoms with Crippen LogP contribution in [0.1, 0.15) is 54.4 Å². The fraction of sp³-hybridized carbons (Fsp3) is 0.645. The molecule has 1 N–H and O–H groups in total. The average Bonchev–Trinajstić information content (AvgIpc) is 3.44. The number of esters is 4. The lowest BCUT2D eigenvalue weighted by Gasteiger charge is -2.59. The van der Waals surface area contributed by atoms with Gasteiger partial charge in [0.25, 0.3) is 0 Å². The van der Waals surface area contributed by atoms with Crippen molar-refractivity contribution in [2.75, 3.05) is 7.11 Å². The first kappa shape index (κ1) is 30.2. The zero-order valence-corrected chi connectivity index (χ0v) is 24.9. The third-order valence-corrected chi connectivity index (χ3v) is 10.7. The molecular formula is C31H38O11.